The molecule has 0 saturated carbocycles. The lowest BCUT2D eigenvalue weighted by Crippen LogP contribution is -2.27. The third kappa shape index (κ3) is 5.10. The van der Waals surface area contributed by atoms with E-state index in [1.54, 1.807) is 19.1 Å². The number of carbonyl (C=O) groups excluding carboxylic acids is 1. The molecule has 3 heterocycles. The number of thiophene rings is 1. The number of halogens is 1. The molecule has 1 aromatic carbocycles. The molecule has 0 spiro atoms. The van der Waals surface area contributed by atoms with Crippen LogP contribution in [-0.2, 0) is 14.3 Å². The molecule has 36 heavy (non-hydrogen) atoms. The largest absolute Gasteiger partial charge is 0.463 e. The molecule has 180 valence electrons. The van der Waals surface area contributed by atoms with E-state index in [2.05, 4.69) is 11.1 Å². The first-order valence-electron chi connectivity index (χ1n) is 10.8. The molecule has 0 aliphatic carbocycles. The summed E-state index contributed by atoms with van der Waals surface area (Å²) in [5, 5.41) is 21.8. The minimum absolute atomic E-state index is 0.0222. The predicted octanol–water partition coefficient (Wildman–Crippen LogP) is 5.24. The minimum Gasteiger partial charge on any atom is -0.463 e. The lowest BCUT2D eigenvalue weighted by atomic mass is 9.83. The molecule has 0 unspecified atom stereocenters. The summed E-state index contributed by atoms with van der Waals surface area (Å²) in [6.45, 7) is 1.76. The Morgan fingerprint density at radius 1 is 1.22 bits per heavy atom. The smallest absolute Gasteiger partial charge is 0.338 e. The molecule has 2 aromatic heterocycles. The highest BCUT2D eigenvalue weighted by atomic mass is 32.2. The SMILES string of the molecule is CCOC(=O)C1=C(CSc2nc(-c3cccs3)ccc2C#N)OC(N)=C(C#N)[C@@H]1c1ccc(F)cc1. The molecule has 0 fully saturated rings. The van der Waals surface area contributed by atoms with E-state index in [0.29, 0.717) is 21.8 Å². The Bertz CT molecular complexity index is 1440. The zero-order chi connectivity index (χ0) is 25.7. The van der Waals surface area contributed by atoms with Crippen molar-refractivity contribution in [3.63, 3.8) is 0 Å². The average Bonchev–Trinajstić information content (AvgIpc) is 3.42. The second-order valence-electron chi connectivity index (χ2n) is 7.46. The molecule has 3 aromatic rings. The first kappa shape index (κ1) is 25.0. The molecule has 10 heteroatoms. The monoisotopic (exact) mass is 518 g/mol. The summed E-state index contributed by atoms with van der Waals surface area (Å²) in [5.74, 6) is -1.93. The number of rotatable bonds is 7. The molecule has 0 bridgehead atoms. The Labute approximate surface area is 215 Å². The molecule has 7 nitrogen and oxygen atoms in total. The Morgan fingerprint density at radius 2 is 2.00 bits per heavy atom. The number of pyridine rings is 1. The Hall–Kier alpha value is -4.12. The Kier molecular flexibility index (Phi) is 7.69. The van der Waals surface area contributed by atoms with E-state index < -0.39 is 17.7 Å². The minimum atomic E-state index is -0.903. The van der Waals surface area contributed by atoms with Crippen LogP contribution in [0.1, 0.15) is 24.0 Å². The highest BCUT2D eigenvalue weighted by Crippen LogP contribution is 2.41. The van der Waals surface area contributed by atoms with Crippen molar-refractivity contribution < 1.29 is 18.7 Å². The van der Waals surface area contributed by atoms with Crippen molar-refractivity contribution in [1.82, 2.24) is 4.98 Å². The van der Waals surface area contributed by atoms with Gasteiger partial charge in [-0.1, -0.05) is 30.0 Å². The lowest BCUT2D eigenvalue weighted by molar-refractivity contribution is -0.139. The highest BCUT2D eigenvalue weighted by Gasteiger charge is 2.37. The number of nitrogens with two attached hydrogens (primary N) is 1. The van der Waals surface area contributed by atoms with E-state index in [4.69, 9.17) is 15.2 Å². The molecular formula is C26H19FN4O3S2. The van der Waals surface area contributed by atoms with Crippen LogP contribution in [0, 0.1) is 28.5 Å². The van der Waals surface area contributed by atoms with Crippen LogP contribution < -0.4 is 5.73 Å². The second kappa shape index (κ2) is 11.1. The lowest BCUT2D eigenvalue weighted by Gasteiger charge is -2.28. The van der Waals surface area contributed by atoms with Crippen molar-refractivity contribution in [2.45, 2.75) is 17.9 Å². The summed E-state index contributed by atoms with van der Waals surface area (Å²) >= 11 is 2.72. The molecule has 0 saturated heterocycles. The van der Waals surface area contributed by atoms with Crippen LogP contribution in [0.25, 0.3) is 10.6 Å². The van der Waals surface area contributed by atoms with Gasteiger partial charge in [0.1, 0.15) is 34.3 Å². The topological polar surface area (TPSA) is 122 Å². The zero-order valence-electron chi connectivity index (χ0n) is 19.0. The number of nitrogens with zero attached hydrogens (tertiary/aromatic N) is 3. The number of hydrogen-bond donors (Lipinski definition) is 1. The van der Waals surface area contributed by atoms with Crippen LogP contribution in [0.2, 0.25) is 0 Å². The van der Waals surface area contributed by atoms with Crippen molar-refractivity contribution in [3.8, 4) is 22.7 Å². The summed E-state index contributed by atoms with van der Waals surface area (Å²) < 4.78 is 24.6. The Balaban J connectivity index is 1.76. The third-order valence-corrected chi connectivity index (χ3v) is 7.17. The van der Waals surface area contributed by atoms with E-state index in [1.165, 1.54) is 47.4 Å². The van der Waals surface area contributed by atoms with Crippen LogP contribution in [0.4, 0.5) is 4.39 Å². The number of hydrogen-bond acceptors (Lipinski definition) is 9. The van der Waals surface area contributed by atoms with Crippen molar-refractivity contribution in [1.29, 1.82) is 10.5 Å². The highest BCUT2D eigenvalue weighted by molar-refractivity contribution is 7.99. The van der Waals surface area contributed by atoms with Gasteiger partial charge in [0.15, 0.2) is 0 Å². The molecule has 4 rings (SSSR count). The summed E-state index contributed by atoms with van der Waals surface area (Å²) in [4.78, 5) is 18.7. The van der Waals surface area contributed by atoms with E-state index in [0.717, 1.165) is 4.88 Å². The van der Waals surface area contributed by atoms with Gasteiger partial charge in [-0.3, -0.25) is 0 Å². The van der Waals surface area contributed by atoms with Gasteiger partial charge in [-0.15, -0.1) is 11.3 Å². The summed E-state index contributed by atoms with van der Waals surface area (Å²) in [6, 6.07) is 16.9. The first-order chi connectivity index (χ1) is 17.5. The van der Waals surface area contributed by atoms with Gasteiger partial charge in [-0.25, -0.2) is 14.2 Å². The zero-order valence-corrected chi connectivity index (χ0v) is 20.7. The molecule has 0 radical (unpaired) electrons. The number of allylic oxidation sites excluding steroid dienone is 1. The first-order valence-corrected chi connectivity index (χ1v) is 12.6. The van der Waals surface area contributed by atoms with Crippen LogP contribution in [0.3, 0.4) is 0 Å². The van der Waals surface area contributed by atoms with Gasteiger partial charge in [0.25, 0.3) is 0 Å². The molecule has 1 atom stereocenters. The van der Waals surface area contributed by atoms with Crippen molar-refractivity contribution in [2.24, 2.45) is 5.73 Å². The maximum Gasteiger partial charge on any atom is 0.338 e. The third-order valence-electron chi connectivity index (χ3n) is 5.29. The van der Waals surface area contributed by atoms with Gasteiger partial charge in [0, 0.05) is 0 Å². The van der Waals surface area contributed by atoms with E-state index >= 15 is 0 Å². The molecular weight excluding hydrogens is 499 g/mol. The normalized spacial score (nSPS) is 15.2. The number of thioether (sulfide) groups is 1. The van der Waals surface area contributed by atoms with Gasteiger partial charge in [0.2, 0.25) is 5.88 Å². The average molecular weight is 519 g/mol. The van der Waals surface area contributed by atoms with Gasteiger partial charge < -0.3 is 15.2 Å². The number of nitriles is 2. The van der Waals surface area contributed by atoms with Gasteiger partial charge >= 0.3 is 5.97 Å². The van der Waals surface area contributed by atoms with Gasteiger partial charge in [-0.05, 0) is 48.2 Å². The van der Waals surface area contributed by atoms with Gasteiger partial charge in [-0.2, -0.15) is 10.5 Å². The summed E-state index contributed by atoms with van der Waals surface area (Å²) in [6.07, 6.45) is 0. The quantitative estimate of drug-likeness (QED) is 0.333. The van der Waals surface area contributed by atoms with E-state index in [9.17, 15) is 19.7 Å². The number of esters is 1. The maximum atomic E-state index is 13.6. The summed E-state index contributed by atoms with van der Waals surface area (Å²) in [7, 11) is 0. The van der Waals surface area contributed by atoms with Crippen LogP contribution in [-0.4, -0.2) is 23.3 Å². The number of carbonyl (C=O) groups is 1. The van der Waals surface area contributed by atoms with Gasteiger partial charge in [0.05, 0.1) is 40.0 Å². The summed E-state index contributed by atoms with van der Waals surface area (Å²) in [5.41, 5.74) is 7.77. The number of aromatic nitrogens is 1. The molecule has 2 N–H and O–H groups in total. The Morgan fingerprint density at radius 3 is 2.64 bits per heavy atom. The van der Waals surface area contributed by atoms with Crippen molar-refractivity contribution in [2.75, 3.05) is 12.4 Å². The van der Waals surface area contributed by atoms with Crippen molar-refractivity contribution >= 4 is 29.1 Å². The molecule has 1 aliphatic heterocycles. The molecule has 1 aliphatic rings. The van der Waals surface area contributed by atoms with Crippen LogP contribution in [0.15, 0.2) is 81.7 Å². The van der Waals surface area contributed by atoms with Crippen LogP contribution in [0.5, 0.6) is 0 Å². The van der Waals surface area contributed by atoms with E-state index in [1.807, 2.05) is 23.6 Å². The fourth-order valence-electron chi connectivity index (χ4n) is 3.68. The van der Waals surface area contributed by atoms with Crippen LogP contribution >= 0.6 is 23.1 Å². The number of ether oxygens (including phenoxy) is 2. The standard InChI is InChI=1S/C26H19FN4O3S2/c1-2-33-26(32)23-20(34-24(30)18(13-29)22(23)15-5-8-17(27)9-6-15)14-36-25-16(12-28)7-10-19(31-25)21-4-3-11-35-21/h3-11,22H,2,14,30H2,1H3/t22-/m0/s1. The second-order valence-corrected chi connectivity index (χ2v) is 9.37. The van der Waals surface area contributed by atoms with E-state index in [-0.39, 0.29) is 35.1 Å². The maximum absolute atomic E-state index is 13.6. The van der Waals surface area contributed by atoms with Crippen molar-refractivity contribution in [3.05, 3.63) is 93.6 Å². The number of benzene rings is 1. The fourth-order valence-corrected chi connectivity index (χ4v) is 5.29. The fraction of sp³-hybridized carbons (Fsp3) is 0.154. The predicted molar refractivity (Wildman–Crippen MR) is 134 cm³/mol. The molecule has 0 amide bonds.